The van der Waals surface area contributed by atoms with Crippen molar-refractivity contribution in [2.45, 2.75) is 38.9 Å². The topological polar surface area (TPSA) is 89.7 Å². The van der Waals surface area contributed by atoms with Gasteiger partial charge in [-0.05, 0) is 74.0 Å². The summed E-state index contributed by atoms with van der Waals surface area (Å²) in [6, 6.07) is 9.65. The molecular weight excluding hydrogens is 404 g/mol. The third-order valence-electron chi connectivity index (χ3n) is 7.58. The summed E-state index contributed by atoms with van der Waals surface area (Å²) in [5, 5.41) is 20.1. The van der Waals surface area contributed by atoms with Crippen molar-refractivity contribution in [1.29, 1.82) is 5.26 Å². The fourth-order valence-electron chi connectivity index (χ4n) is 5.52. The maximum absolute atomic E-state index is 11.8. The lowest BCUT2D eigenvalue weighted by Gasteiger charge is -2.40. The molecule has 0 saturated carbocycles. The number of cyclic esters (lactones) is 1. The standard InChI is InChI=1S/C25H28N4O3/c1-17-20(2-3-21-22(17)15-32-24(21)31)23(30)14-28-9-5-25(6-10-28)7-11-29(16-25)19-4-8-27-18(12-19)13-26/h2-4,8,12,23,30H,5-7,9-11,14-16H2,1H3. The highest BCUT2D eigenvalue weighted by atomic mass is 16.5. The van der Waals surface area contributed by atoms with E-state index in [9.17, 15) is 9.90 Å². The zero-order valence-corrected chi connectivity index (χ0v) is 18.4. The van der Waals surface area contributed by atoms with Crippen molar-refractivity contribution in [3.63, 3.8) is 0 Å². The first-order valence-electron chi connectivity index (χ1n) is 11.3. The molecule has 3 aliphatic rings. The van der Waals surface area contributed by atoms with Crippen LogP contribution in [0.1, 0.15) is 58.1 Å². The summed E-state index contributed by atoms with van der Waals surface area (Å²) in [5.74, 6) is -0.272. The number of ether oxygens (including phenoxy) is 1. The summed E-state index contributed by atoms with van der Waals surface area (Å²) in [5.41, 5.74) is 5.24. The summed E-state index contributed by atoms with van der Waals surface area (Å²) in [6.45, 7) is 6.82. The van der Waals surface area contributed by atoms with Crippen molar-refractivity contribution in [3.8, 4) is 6.07 Å². The van der Waals surface area contributed by atoms with E-state index in [1.54, 1.807) is 12.3 Å². The smallest absolute Gasteiger partial charge is 0.338 e. The molecule has 1 unspecified atom stereocenters. The summed E-state index contributed by atoms with van der Waals surface area (Å²) < 4.78 is 5.14. The average Bonchev–Trinajstić information content (AvgIpc) is 3.40. The number of likely N-dealkylation sites (tertiary alicyclic amines) is 1. The van der Waals surface area contributed by atoms with Gasteiger partial charge in [0.2, 0.25) is 0 Å². The van der Waals surface area contributed by atoms with Gasteiger partial charge in [-0.25, -0.2) is 9.78 Å². The molecule has 1 spiro atoms. The van der Waals surface area contributed by atoms with Gasteiger partial charge in [-0.1, -0.05) is 6.07 Å². The highest BCUT2D eigenvalue weighted by Crippen LogP contribution is 2.42. The second-order valence-electron chi connectivity index (χ2n) is 9.38. The van der Waals surface area contributed by atoms with Gasteiger partial charge in [0.05, 0.1) is 11.7 Å². The molecule has 7 nitrogen and oxygen atoms in total. The molecule has 0 bridgehead atoms. The van der Waals surface area contributed by atoms with Gasteiger partial charge >= 0.3 is 5.97 Å². The van der Waals surface area contributed by atoms with Crippen molar-refractivity contribution >= 4 is 11.7 Å². The van der Waals surface area contributed by atoms with Crippen molar-refractivity contribution in [3.05, 3.63) is 58.4 Å². The Balaban J connectivity index is 1.20. The minimum Gasteiger partial charge on any atom is -0.457 e. The number of rotatable bonds is 4. The third kappa shape index (κ3) is 3.74. The molecule has 0 radical (unpaired) electrons. The average molecular weight is 433 g/mol. The number of carbonyl (C=O) groups is 1. The number of nitrogens with zero attached hydrogens (tertiary/aromatic N) is 4. The molecule has 32 heavy (non-hydrogen) atoms. The predicted octanol–water partition coefficient (Wildman–Crippen LogP) is 2.96. The number of esters is 1. The van der Waals surface area contributed by atoms with E-state index < -0.39 is 6.10 Å². The molecule has 1 aromatic heterocycles. The first-order valence-corrected chi connectivity index (χ1v) is 11.3. The molecule has 2 saturated heterocycles. The zero-order valence-electron chi connectivity index (χ0n) is 18.4. The Morgan fingerprint density at radius 3 is 2.81 bits per heavy atom. The van der Waals surface area contributed by atoms with Crippen molar-refractivity contribution < 1.29 is 14.6 Å². The molecule has 7 heteroatoms. The number of nitriles is 1. The van der Waals surface area contributed by atoms with E-state index in [4.69, 9.17) is 10.00 Å². The number of piperidine rings is 1. The van der Waals surface area contributed by atoms with Crippen LogP contribution in [0.3, 0.4) is 0 Å². The van der Waals surface area contributed by atoms with E-state index in [0.29, 0.717) is 29.8 Å². The lowest BCUT2D eigenvalue weighted by Crippen LogP contribution is -2.43. The molecule has 2 aromatic rings. The molecule has 0 amide bonds. The van der Waals surface area contributed by atoms with Crippen LogP contribution < -0.4 is 4.90 Å². The van der Waals surface area contributed by atoms with Crippen LogP contribution in [0.15, 0.2) is 30.5 Å². The molecule has 3 aliphatic heterocycles. The van der Waals surface area contributed by atoms with Crippen molar-refractivity contribution in [2.24, 2.45) is 5.41 Å². The Bertz CT molecular complexity index is 1090. The van der Waals surface area contributed by atoms with Gasteiger partial charge in [-0.3, -0.25) is 0 Å². The third-order valence-corrected chi connectivity index (χ3v) is 7.58. The van der Waals surface area contributed by atoms with Gasteiger partial charge in [0.25, 0.3) is 0 Å². The number of carbonyl (C=O) groups excluding carboxylic acids is 1. The minimum absolute atomic E-state index is 0.272. The van der Waals surface area contributed by atoms with Gasteiger partial charge in [0, 0.05) is 37.1 Å². The Labute approximate surface area is 188 Å². The van der Waals surface area contributed by atoms with Crippen LogP contribution in [0, 0.1) is 23.7 Å². The number of β-amino-alcohol motifs (C(OH)–C–C–N with tert-alkyl or cyclic N) is 1. The van der Waals surface area contributed by atoms with Gasteiger partial charge in [-0.15, -0.1) is 0 Å². The number of aromatic nitrogens is 1. The largest absolute Gasteiger partial charge is 0.457 e. The van der Waals surface area contributed by atoms with Crippen LogP contribution >= 0.6 is 0 Å². The van der Waals surface area contributed by atoms with Crippen LogP contribution in [0.2, 0.25) is 0 Å². The molecular formula is C25H28N4O3. The zero-order chi connectivity index (χ0) is 22.3. The number of benzene rings is 1. The normalized spacial score (nSPS) is 20.8. The molecule has 1 N–H and O–H groups in total. The molecule has 1 atom stereocenters. The fraction of sp³-hybridized carbons (Fsp3) is 0.480. The highest BCUT2D eigenvalue weighted by Gasteiger charge is 2.41. The number of hydrogen-bond donors (Lipinski definition) is 1. The number of pyridine rings is 1. The quantitative estimate of drug-likeness (QED) is 0.743. The van der Waals surface area contributed by atoms with Gasteiger partial charge in [-0.2, -0.15) is 5.26 Å². The first kappa shape index (κ1) is 20.9. The van der Waals surface area contributed by atoms with Crippen LogP contribution in [0.25, 0.3) is 0 Å². The minimum atomic E-state index is -0.577. The Morgan fingerprint density at radius 1 is 1.25 bits per heavy atom. The number of anilines is 1. The number of fused-ring (bicyclic) bond motifs is 1. The summed E-state index contributed by atoms with van der Waals surface area (Å²) in [6.07, 6.45) is 4.51. The summed E-state index contributed by atoms with van der Waals surface area (Å²) >= 11 is 0. The van der Waals surface area contributed by atoms with Crippen LogP contribution in [0.5, 0.6) is 0 Å². The van der Waals surface area contributed by atoms with Crippen LogP contribution in [-0.2, 0) is 11.3 Å². The maximum Gasteiger partial charge on any atom is 0.338 e. The molecule has 1 aromatic carbocycles. The maximum atomic E-state index is 11.8. The Morgan fingerprint density at radius 2 is 2.03 bits per heavy atom. The van der Waals surface area contributed by atoms with E-state index in [1.807, 2.05) is 25.1 Å². The van der Waals surface area contributed by atoms with Crippen molar-refractivity contribution in [2.75, 3.05) is 37.6 Å². The second-order valence-corrected chi connectivity index (χ2v) is 9.38. The number of aliphatic hydroxyl groups excluding tert-OH is 1. The number of aliphatic hydroxyl groups is 1. The molecule has 4 heterocycles. The Kier molecular flexibility index (Phi) is 5.36. The van der Waals surface area contributed by atoms with Crippen LogP contribution in [0.4, 0.5) is 5.69 Å². The first-order chi connectivity index (χ1) is 15.5. The Hall–Kier alpha value is -2.95. The molecule has 166 valence electrons. The monoisotopic (exact) mass is 432 g/mol. The summed E-state index contributed by atoms with van der Waals surface area (Å²) in [7, 11) is 0. The van der Waals surface area contributed by atoms with E-state index in [1.165, 1.54) is 0 Å². The lowest BCUT2D eigenvalue weighted by atomic mass is 9.77. The van der Waals surface area contributed by atoms with Gasteiger partial charge in [0.1, 0.15) is 18.4 Å². The lowest BCUT2D eigenvalue weighted by molar-refractivity contribution is 0.0534. The SMILES string of the molecule is Cc1c(C(O)CN2CCC3(CC2)CCN(c2ccnc(C#N)c2)C3)ccc2c1COC2=O. The molecule has 5 rings (SSSR count). The molecule has 2 fully saturated rings. The van der Waals surface area contributed by atoms with Gasteiger partial charge < -0.3 is 19.6 Å². The van der Waals surface area contributed by atoms with E-state index in [-0.39, 0.29) is 5.97 Å². The second kappa shape index (κ2) is 8.19. The summed E-state index contributed by atoms with van der Waals surface area (Å²) in [4.78, 5) is 20.6. The molecule has 0 aliphatic carbocycles. The van der Waals surface area contributed by atoms with Crippen LogP contribution in [-0.4, -0.2) is 53.7 Å². The van der Waals surface area contributed by atoms with E-state index in [2.05, 4.69) is 20.9 Å². The number of hydrogen-bond acceptors (Lipinski definition) is 7. The van der Waals surface area contributed by atoms with E-state index in [0.717, 1.165) is 67.8 Å². The van der Waals surface area contributed by atoms with E-state index >= 15 is 0 Å². The van der Waals surface area contributed by atoms with Crippen molar-refractivity contribution in [1.82, 2.24) is 9.88 Å². The van der Waals surface area contributed by atoms with Gasteiger partial charge in [0.15, 0.2) is 0 Å². The highest BCUT2D eigenvalue weighted by molar-refractivity contribution is 5.93. The fourth-order valence-corrected chi connectivity index (χ4v) is 5.52. The predicted molar refractivity (Wildman–Crippen MR) is 119 cm³/mol.